The molecule has 0 atom stereocenters. The lowest BCUT2D eigenvalue weighted by atomic mass is 10.3. The van der Waals surface area contributed by atoms with Crippen molar-refractivity contribution >= 4 is 11.8 Å². The Bertz CT molecular complexity index is 301. The van der Waals surface area contributed by atoms with Crippen LogP contribution in [0.4, 0.5) is 5.82 Å². The van der Waals surface area contributed by atoms with E-state index in [1.807, 2.05) is 0 Å². The van der Waals surface area contributed by atoms with Crippen molar-refractivity contribution < 1.29 is 9.90 Å². The number of aliphatic carboxylic acids is 1. The van der Waals surface area contributed by atoms with Gasteiger partial charge in [-0.25, -0.2) is 4.98 Å². The molecule has 13 heavy (non-hydrogen) atoms. The second-order valence-corrected chi connectivity index (χ2v) is 2.55. The number of nitrogen functional groups attached to an aromatic ring is 1. The van der Waals surface area contributed by atoms with Gasteiger partial charge in [0.1, 0.15) is 5.82 Å². The zero-order valence-corrected chi connectivity index (χ0v) is 7.03. The van der Waals surface area contributed by atoms with Crippen molar-refractivity contribution in [2.45, 2.75) is 6.54 Å². The van der Waals surface area contributed by atoms with Gasteiger partial charge in [0.05, 0.1) is 12.2 Å². The fraction of sp³-hybridized carbons (Fsp3) is 0.250. The fourth-order valence-electron chi connectivity index (χ4n) is 0.894. The molecule has 0 aliphatic carbocycles. The molecule has 1 aromatic rings. The van der Waals surface area contributed by atoms with Crippen molar-refractivity contribution in [1.82, 2.24) is 10.3 Å². The van der Waals surface area contributed by atoms with Crippen LogP contribution in [0.25, 0.3) is 0 Å². The third-order valence-corrected chi connectivity index (χ3v) is 1.41. The zero-order valence-electron chi connectivity index (χ0n) is 7.03. The summed E-state index contributed by atoms with van der Waals surface area (Å²) in [6.07, 6.45) is 0. The molecule has 5 nitrogen and oxygen atoms in total. The number of carbonyl (C=O) groups is 1. The molecule has 0 bridgehead atoms. The van der Waals surface area contributed by atoms with E-state index in [9.17, 15) is 4.79 Å². The van der Waals surface area contributed by atoms with Crippen LogP contribution < -0.4 is 11.1 Å². The minimum absolute atomic E-state index is 0.0729. The molecule has 0 aromatic carbocycles. The van der Waals surface area contributed by atoms with E-state index in [4.69, 9.17) is 10.8 Å². The first-order valence-corrected chi connectivity index (χ1v) is 3.82. The van der Waals surface area contributed by atoms with Crippen LogP contribution in [0.5, 0.6) is 0 Å². The molecule has 0 aliphatic heterocycles. The maximum Gasteiger partial charge on any atom is 0.317 e. The number of hydrogen-bond donors (Lipinski definition) is 3. The molecule has 0 aliphatic rings. The number of nitrogens with one attached hydrogen (secondary N) is 1. The summed E-state index contributed by atoms with van der Waals surface area (Å²) < 4.78 is 0. The average molecular weight is 181 g/mol. The third-order valence-electron chi connectivity index (χ3n) is 1.41. The summed E-state index contributed by atoms with van der Waals surface area (Å²) in [5.74, 6) is -0.446. The van der Waals surface area contributed by atoms with E-state index in [0.717, 1.165) is 5.69 Å². The van der Waals surface area contributed by atoms with Crippen LogP contribution in [0.15, 0.2) is 18.2 Å². The van der Waals surface area contributed by atoms with Crippen molar-refractivity contribution in [1.29, 1.82) is 0 Å². The third kappa shape index (κ3) is 3.53. The van der Waals surface area contributed by atoms with Crippen molar-refractivity contribution in [2.75, 3.05) is 12.3 Å². The Morgan fingerprint density at radius 2 is 2.38 bits per heavy atom. The molecule has 0 saturated heterocycles. The summed E-state index contributed by atoms with van der Waals surface area (Å²) in [5, 5.41) is 11.0. The van der Waals surface area contributed by atoms with Gasteiger partial charge in [0.15, 0.2) is 0 Å². The van der Waals surface area contributed by atoms with E-state index in [1.54, 1.807) is 18.2 Å². The van der Waals surface area contributed by atoms with Gasteiger partial charge in [-0.05, 0) is 12.1 Å². The van der Waals surface area contributed by atoms with Crippen LogP contribution >= 0.6 is 0 Å². The number of hydrogen-bond acceptors (Lipinski definition) is 4. The second kappa shape index (κ2) is 4.42. The highest BCUT2D eigenvalue weighted by molar-refractivity contribution is 5.68. The molecule has 0 spiro atoms. The van der Waals surface area contributed by atoms with Crippen molar-refractivity contribution in [3.05, 3.63) is 23.9 Å². The SMILES string of the molecule is Nc1cccc(CNCC(=O)O)n1. The number of nitrogens with two attached hydrogens (primary N) is 1. The maximum atomic E-state index is 10.1. The highest BCUT2D eigenvalue weighted by Gasteiger charge is 1.97. The lowest BCUT2D eigenvalue weighted by molar-refractivity contribution is -0.135. The normalized spacial score (nSPS) is 9.85. The van der Waals surface area contributed by atoms with E-state index in [2.05, 4.69) is 10.3 Å². The number of aromatic nitrogens is 1. The highest BCUT2D eigenvalue weighted by atomic mass is 16.4. The first kappa shape index (κ1) is 9.47. The topological polar surface area (TPSA) is 88.2 Å². The molecule has 70 valence electrons. The van der Waals surface area contributed by atoms with Crippen LogP contribution in [0.3, 0.4) is 0 Å². The molecule has 1 rings (SSSR count). The number of anilines is 1. The van der Waals surface area contributed by atoms with Crippen LogP contribution in [-0.4, -0.2) is 22.6 Å². The van der Waals surface area contributed by atoms with Crippen LogP contribution in [0.1, 0.15) is 5.69 Å². The summed E-state index contributed by atoms with van der Waals surface area (Å²) in [7, 11) is 0. The maximum absolute atomic E-state index is 10.1. The van der Waals surface area contributed by atoms with Crippen molar-refractivity contribution in [2.24, 2.45) is 0 Å². The molecule has 0 saturated carbocycles. The van der Waals surface area contributed by atoms with Gasteiger partial charge in [-0.15, -0.1) is 0 Å². The first-order valence-electron chi connectivity index (χ1n) is 3.82. The van der Waals surface area contributed by atoms with E-state index in [0.29, 0.717) is 12.4 Å². The van der Waals surface area contributed by atoms with Crippen LogP contribution in [-0.2, 0) is 11.3 Å². The first-order chi connectivity index (χ1) is 6.18. The van der Waals surface area contributed by atoms with E-state index < -0.39 is 5.97 Å². The van der Waals surface area contributed by atoms with Crippen LogP contribution in [0.2, 0.25) is 0 Å². The zero-order chi connectivity index (χ0) is 9.68. The lowest BCUT2D eigenvalue weighted by Gasteiger charge is -2.01. The molecule has 5 heteroatoms. The Morgan fingerprint density at radius 1 is 1.62 bits per heavy atom. The Labute approximate surface area is 75.6 Å². The van der Waals surface area contributed by atoms with Gasteiger partial charge in [0.25, 0.3) is 0 Å². The van der Waals surface area contributed by atoms with Gasteiger partial charge in [-0.1, -0.05) is 6.07 Å². The number of carboxylic acid groups (broad SMARTS) is 1. The van der Waals surface area contributed by atoms with E-state index >= 15 is 0 Å². The molecule has 1 heterocycles. The van der Waals surface area contributed by atoms with E-state index in [1.165, 1.54) is 0 Å². The summed E-state index contributed by atoms with van der Waals surface area (Å²) in [6.45, 7) is 0.341. The fourth-order valence-corrected chi connectivity index (χ4v) is 0.894. The van der Waals surface area contributed by atoms with Gasteiger partial charge >= 0.3 is 5.97 Å². The number of carboxylic acids is 1. The molecule has 0 unspecified atom stereocenters. The Morgan fingerprint density at radius 3 is 3.00 bits per heavy atom. The monoisotopic (exact) mass is 181 g/mol. The number of nitrogens with zero attached hydrogens (tertiary/aromatic N) is 1. The Balaban J connectivity index is 2.41. The smallest absolute Gasteiger partial charge is 0.317 e. The summed E-state index contributed by atoms with van der Waals surface area (Å²) >= 11 is 0. The summed E-state index contributed by atoms with van der Waals surface area (Å²) in [4.78, 5) is 14.1. The average Bonchev–Trinajstić information content (AvgIpc) is 2.03. The second-order valence-electron chi connectivity index (χ2n) is 2.55. The molecule has 0 radical (unpaired) electrons. The summed E-state index contributed by atoms with van der Waals surface area (Å²) in [6, 6.07) is 5.24. The van der Waals surface area contributed by atoms with E-state index in [-0.39, 0.29) is 6.54 Å². The van der Waals surface area contributed by atoms with Crippen LogP contribution in [0, 0.1) is 0 Å². The lowest BCUT2D eigenvalue weighted by Crippen LogP contribution is -2.22. The van der Waals surface area contributed by atoms with Gasteiger partial charge in [0, 0.05) is 6.54 Å². The summed E-state index contributed by atoms with van der Waals surface area (Å²) in [5.41, 5.74) is 6.17. The molecule has 1 aromatic heterocycles. The number of pyridine rings is 1. The van der Waals surface area contributed by atoms with Crippen molar-refractivity contribution in [3.63, 3.8) is 0 Å². The molecular formula is C8H11N3O2. The highest BCUT2D eigenvalue weighted by Crippen LogP contribution is 1.99. The largest absolute Gasteiger partial charge is 0.480 e. The molecular weight excluding hydrogens is 170 g/mol. The quantitative estimate of drug-likeness (QED) is 0.600. The minimum Gasteiger partial charge on any atom is -0.480 e. The Hall–Kier alpha value is -1.62. The predicted molar refractivity (Wildman–Crippen MR) is 48.0 cm³/mol. The molecule has 0 amide bonds. The van der Waals surface area contributed by atoms with Gasteiger partial charge in [0.2, 0.25) is 0 Å². The minimum atomic E-state index is -0.885. The molecule has 0 fully saturated rings. The predicted octanol–water partition coefficient (Wildman–Crippen LogP) is -0.162. The Kier molecular flexibility index (Phi) is 3.22. The van der Waals surface area contributed by atoms with Gasteiger partial charge in [-0.3, -0.25) is 4.79 Å². The number of rotatable bonds is 4. The van der Waals surface area contributed by atoms with Gasteiger partial charge in [-0.2, -0.15) is 0 Å². The molecule has 4 N–H and O–H groups in total. The van der Waals surface area contributed by atoms with Gasteiger partial charge < -0.3 is 16.2 Å². The van der Waals surface area contributed by atoms with Crippen molar-refractivity contribution in [3.8, 4) is 0 Å². The standard InChI is InChI=1S/C8H11N3O2/c9-7-3-1-2-6(11-7)4-10-5-8(12)13/h1-3,10H,4-5H2,(H2,9,11)(H,12,13).